The average molecular weight is 367 g/mol. The Kier molecular flexibility index (Phi) is 8.44. The van der Waals surface area contributed by atoms with Gasteiger partial charge in [0, 0.05) is 12.2 Å². The second kappa shape index (κ2) is 10.0. The van der Waals surface area contributed by atoms with E-state index >= 15 is 0 Å². The predicted molar refractivity (Wildman–Crippen MR) is 98.3 cm³/mol. The lowest BCUT2D eigenvalue weighted by molar-refractivity contribution is -0.142. The van der Waals surface area contributed by atoms with Crippen molar-refractivity contribution in [2.75, 3.05) is 5.75 Å². The molecule has 1 rings (SSSR count). The minimum Gasteiger partial charge on any atom is -0.480 e. The number of carbonyl (C=O) groups is 3. The maximum absolute atomic E-state index is 12.3. The average Bonchev–Trinajstić information content (AvgIpc) is 2.58. The number of hydrogen-bond acceptors (Lipinski definition) is 5. The van der Waals surface area contributed by atoms with Gasteiger partial charge in [-0.3, -0.25) is 9.59 Å². The first-order valence-electron chi connectivity index (χ1n) is 8.00. The molecule has 25 heavy (non-hydrogen) atoms. The summed E-state index contributed by atoms with van der Waals surface area (Å²) < 4.78 is 0. The number of carboxylic acid groups (broad SMARTS) is 1. The highest BCUT2D eigenvalue weighted by atomic mass is 32.1. The van der Waals surface area contributed by atoms with Crippen molar-refractivity contribution in [3.63, 3.8) is 0 Å². The molecule has 0 fully saturated rings. The summed E-state index contributed by atoms with van der Waals surface area (Å²) in [7, 11) is 0. The van der Waals surface area contributed by atoms with Crippen molar-refractivity contribution >= 4 is 30.4 Å². The zero-order chi connectivity index (χ0) is 19.0. The lowest BCUT2D eigenvalue weighted by Crippen LogP contribution is -2.56. The van der Waals surface area contributed by atoms with E-state index in [1.807, 2.05) is 6.07 Å². The second-order valence-corrected chi connectivity index (χ2v) is 6.47. The molecular weight excluding hydrogens is 342 g/mol. The third-order valence-electron chi connectivity index (χ3n) is 3.73. The summed E-state index contributed by atoms with van der Waals surface area (Å²) in [5.41, 5.74) is 6.53. The van der Waals surface area contributed by atoms with Crippen molar-refractivity contribution in [1.82, 2.24) is 10.6 Å². The van der Waals surface area contributed by atoms with Gasteiger partial charge in [-0.2, -0.15) is 12.6 Å². The highest BCUT2D eigenvalue weighted by Crippen LogP contribution is 2.05. The Labute approximate surface area is 152 Å². The number of hydrogen-bond donors (Lipinski definition) is 5. The van der Waals surface area contributed by atoms with Gasteiger partial charge in [0.05, 0.1) is 6.04 Å². The van der Waals surface area contributed by atoms with Gasteiger partial charge in [-0.25, -0.2) is 4.79 Å². The van der Waals surface area contributed by atoms with Gasteiger partial charge in [-0.1, -0.05) is 44.2 Å². The smallest absolute Gasteiger partial charge is 0.326 e. The van der Waals surface area contributed by atoms with Crippen LogP contribution in [0, 0.1) is 5.92 Å². The van der Waals surface area contributed by atoms with E-state index in [9.17, 15) is 19.5 Å². The lowest BCUT2D eigenvalue weighted by Gasteiger charge is -2.22. The molecule has 0 heterocycles. The number of nitrogens with one attached hydrogen (secondary N) is 2. The highest BCUT2D eigenvalue weighted by molar-refractivity contribution is 7.80. The molecule has 7 nitrogen and oxygen atoms in total. The Morgan fingerprint density at radius 1 is 1.08 bits per heavy atom. The van der Waals surface area contributed by atoms with E-state index in [0.29, 0.717) is 0 Å². The zero-order valence-corrected chi connectivity index (χ0v) is 15.2. The summed E-state index contributed by atoms with van der Waals surface area (Å²) in [5.74, 6) is -2.30. The number of benzene rings is 1. The first-order chi connectivity index (χ1) is 11.8. The van der Waals surface area contributed by atoms with Gasteiger partial charge in [0.1, 0.15) is 12.1 Å². The minimum absolute atomic E-state index is 0.0278. The molecule has 0 saturated carbocycles. The quantitative estimate of drug-likeness (QED) is 0.399. The molecule has 138 valence electrons. The topological polar surface area (TPSA) is 122 Å². The van der Waals surface area contributed by atoms with Crippen LogP contribution in [0.4, 0.5) is 0 Å². The Bertz CT molecular complexity index is 595. The first-order valence-corrected chi connectivity index (χ1v) is 8.63. The van der Waals surface area contributed by atoms with Crippen LogP contribution in [0.2, 0.25) is 0 Å². The lowest BCUT2D eigenvalue weighted by atomic mass is 10.0. The number of carboxylic acids is 1. The standard InChI is InChI=1S/C17H25N3O4S/c1-10(2)14(18)16(22)20-13(9-25)15(21)19-12(17(23)24)8-11-6-4-3-5-7-11/h3-7,10,12-14,25H,8-9,18H2,1-2H3,(H,19,21)(H,20,22)(H,23,24)/t12-,13-,14-/m0/s1. The van der Waals surface area contributed by atoms with Crippen LogP contribution in [0.1, 0.15) is 19.4 Å². The number of aliphatic carboxylic acids is 1. The molecule has 3 atom stereocenters. The zero-order valence-electron chi connectivity index (χ0n) is 14.3. The molecule has 8 heteroatoms. The molecule has 0 spiro atoms. The molecule has 0 aliphatic rings. The third-order valence-corrected chi connectivity index (χ3v) is 4.10. The summed E-state index contributed by atoms with van der Waals surface area (Å²) in [4.78, 5) is 35.8. The molecular formula is C17H25N3O4S. The van der Waals surface area contributed by atoms with Crippen molar-refractivity contribution in [1.29, 1.82) is 0 Å². The normalized spacial score (nSPS) is 14.4. The number of rotatable bonds is 9. The highest BCUT2D eigenvalue weighted by Gasteiger charge is 2.28. The fourth-order valence-corrected chi connectivity index (χ4v) is 2.34. The van der Waals surface area contributed by atoms with Gasteiger partial charge in [0.15, 0.2) is 0 Å². The summed E-state index contributed by atoms with van der Waals surface area (Å²) in [6, 6.07) is 6.15. The Hall–Kier alpha value is -2.06. The van der Waals surface area contributed by atoms with E-state index in [4.69, 9.17) is 5.73 Å². The monoisotopic (exact) mass is 367 g/mol. The van der Waals surface area contributed by atoms with Crippen LogP contribution in [0.5, 0.6) is 0 Å². The van der Waals surface area contributed by atoms with Crippen LogP contribution in [-0.2, 0) is 20.8 Å². The largest absolute Gasteiger partial charge is 0.480 e. The van der Waals surface area contributed by atoms with Crippen LogP contribution in [0.15, 0.2) is 30.3 Å². The van der Waals surface area contributed by atoms with Crippen molar-refractivity contribution in [3.8, 4) is 0 Å². The fraction of sp³-hybridized carbons (Fsp3) is 0.471. The van der Waals surface area contributed by atoms with Crippen LogP contribution < -0.4 is 16.4 Å². The van der Waals surface area contributed by atoms with E-state index in [-0.39, 0.29) is 18.1 Å². The maximum Gasteiger partial charge on any atom is 0.326 e. The molecule has 2 amide bonds. The molecule has 0 aromatic heterocycles. The van der Waals surface area contributed by atoms with Gasteiger partial charge in [0.2, 0.25) is 11.8 Å². The maximum atomic E-state index is 12.3. The SMILES string of the molecule is CC(C)[C@H](N)C(=O)N[C@@H](CS)C(=O)N[C@@H](Cc1ccccc1)C(=O)O. The number of carbonyl (C=O) groups excluding carboxylic acids is 2. The van der Waals surface area contributed by atoms with Crippen molar-refractivity contribution in [2.45, 2.75) is 38.4 Å². The third kappa shape index (κ3) is 6.75. The van der Waals surface area contributed by atoms with Gasteiger partial charge >= 0.3 is 5.97 Å². The first kappa shape index (κ1) is 21.0. The molecule has 0 radical (unpaired) electrons. The van der Waals surface area contributed by atoms with Gasteiger partial charge in [-0.05, 0) is 11.5 Å². The van der Waals surface area contributed by atoms with Gasteiger partial charge < -0.3 is 21.5 Å². The Balaban J connectivity index is 2.73. The van der Waals surface area contributed by atoms with Crippen LogP contribution >= 0.6 is 12.6 Å². The van der Waals surface area contributed by atoms with E-state index < -0.39 is 35.9 Å². The van der Waals surface area contributed by atoms with Gasteiger partial charge in [-0.15, -0.1) is 0 Å². The fourth-order valence-electron chi connectivity index (χ4n) is 2.09. The number of nitrogens with two attached hydrogens (primary N) is 1. The van der Waals surface area contributed by atoms with E-state index in [1.54, 1.807) is 38.1 Å². The summed E-state index contributed by atoms with van der Waals surface area (Å²) in [5, 5.41) is 14.3. The van der Waals surface area contributed by atoms with Crippen LogP contribution in [-0.4, -0.2) is 46.8 Å². The molecule has 5 N–H and O–H groups in total. The van der Waals surface area contributed by atoms with E-state index in [0.717, 1.165) is 5.56 Å². The van der Waals surface area contributed by atoms with Crippen LogP contribution in [0.25, 0.3) is 0 Å². The minimum atomic E-state index is -1.15. The van der Waals surface area contributed by atoms with E-state index in [2.05, 4.69) is 23.3 Å². The van der Waals surface area contributed by atoms with Crippen LogP contribution in [0.3, 0.4) is 0 Å². The second-order valence-electron chi connectivity index (χ2n) is 6.10. The molecule has 0 saturated heterocycles. The summed E-state index contributed by atoms with van der Waals surface area (Å²) in [6.07, 6.45) is 0.140. The molecule has 0 unspecified atom stereocenters. The Morgan fingerprint density at radius 2 is 1.64 bits per heavy atom. The molecule has 1 aromatic carbocycles. The molecule has 0 bridgehead atoms. The van der Waals surface area contributed by atoms with Gasteiger partial charge in [0.25, 0.3) is 0 Å². The summed E-state index contributed by atoms with van der Waals surface area (Å²) >= 11 is 4.06. The van der Waals surface area contributed by atoms with Crippen molar-refractivity contribution in [3.05, 3.63) is 35.9 Å². The Morgan fingerprint density at radius 3 is 2.12 bits per heavy atom. The number of amides is 2. The van der Waals surface area contributed by atoms with Crippen molar-refractivity contribution < 1.29 is 19.5 Å². The van der Waals surface area contributed by atoms with E-state index in [1.165, 1.54) is 0 Å². The number of thiol groups is 1. The predicted octanol–water partition coefficient (Wildman–Crippen LogP) is 0.196. The van der Waals surface area contributed by atoms with Crippen molar-refractivity contribution in [2.24, 2.45) is 11.7 Å². The molecule has 0 aliphatic heterocycles. The molecule has 0 aliphatic carbocycles. The summed E-state index contributed by atoms with van der Waals surface area (Å²) in [6.45, 7) is 3.58. The molecule has 1 aromatic rings.